The van der Waals surface area contributed by atoms with E-state index in [1.54, 1.807) is 7.11 Å². The zero-order valence-corrected chi connectivity index (χ0v) is 13.2. The van der Waals surface area contributed by atoms with Crippen LogP contribution in [0.2, 0.25) is 0 Å². The number of anilines is 1. The second kappa shape index (κ2) is 6.71. The van der Waals surface area contributed by atoms with Crippen molar-refractivity contribution in [3.63, 3.8) is 0 Å². The first kappa shape index (κ1) is 16.6. The van der Waals surface area contributed by atoms with Crippen LogP contribution >= 0.6 is 0 Å². The van der Waals surface area contributed by atoms with Crippen LogP contribution in [-0.2, 0) is 9.47 Å². The molecule has 6 heteroatoms. The van der Waals surface area contributed by atoms with Crippen LogP contribution in [0.25, 0.3) is 0 Å². The van der Waals surface area contributed by atoms with E-state index in [1.165, 1.54) is 6.07 Å². The molecule has 1 aliphatic carbocycles. The maximum absolute atomic E-state index is 13.3. The SMILES string of the molecule is COCC1CCCC2(O)CCC(Nc3ccc(F)c(F)c3)OC12. The molecule has 4 atom stereocenters. The van der Waals surface area contributed by atoms with Crippen LogP contribution in [0.1, 0.15) is 32.1 Å². The van der Waals surface area contributed by atoms with Crippen LogP contribution in [0.4, 0.5) is 14.5 Å². The van der Waals surface area contributed by atoms with Gasteiger partial charge in [0.1, 0.15) is 6.23 Å². The topological polar surface area (TPSA) is 50.7 Å². The summed E-state index contributed by atoms with van der Waals surface area (Å²) in [4.78, 5) is 0. The Labute approximate surface area is 134 Å². The monoisotopic (exact) mass is 327 g/mol. The maximum atomic E-state index is 13.3. The Morgan fingerprint density at radius 3 is 2.87 bits per heavy atom. The Bertz CT molecular complexity index is 555. The van der Waals surface area contributed by atoms with E-state index < -0.39 is 17.2 Å². The summed E-state index contributed by atoms with van der Waals surface area (Å²) in [6, 6.07) is 3.69. The van der Waals surface area contributed by atoms with Gasteiger partial charge in [-0.2, -0.15) is 0 Å². The molecule has 4 nitrogen and oxygen atoms in total. The number of fused-ring (bicyclic) bond motifs is 1. The van der Waals surface area contributed by atoms with E-state index in [9.17, 15) is 13.9 Å². The molecular formula is C17H23F2NO3. The summed E-state index contributed by atoms with van der Waals surface area (Å²) >= 11 is 0. The van der Waals surface area contributed by atoms with Crippen molar-refractivity contribution in [3.05, 3.63) is 29.8 Å². The van der Waals surface area contributed by atoms with E-state index in [-0.39, 0.29) is 18.2 Å². The van der Waals surface area contributed by atoms with Crippen LogP contribution < -0.4 is 5.32 Å². The van der Waals surface area contributed by atoms with Gasteiger partial charge < -0.3 is 19.9 Å². The smallest absolute Gasteiger partial charge is 0.160 e. The normalized spacial score (nSPS) is 34.0. The molecular weight excluding hydrogens is 304 g/mol. The number of rotatable bonds is 4. The Hall–Kier alpha value is -1.24. The molecule has 0 spiro atoms. The van der Waals surface area contributed by atoms with Crippen molar-refractivity contribution in [2.75, 3.05) is 19.0 Å². The van der Waals surface area contributed by atoms with Gasteiger partial charge >= 0.3 is 0 Å². The van der Waals surface area contributed by atoms with Crippen molar-refractivity contribution in [1.29, 1.82) is 0 Å². The number of hydrogen-bond donors (Lipinski definition) is 2. The van der Waals surface area contributed by atoms with Crippen molar-refractivity contribution in [1.82, 2.24) is 0 Å². The molecule has 0 amide bonds. The summed E-state index contributed by atoms with van der Waals surface area (Å²) in [5, 5.41) is 13.9. The lowest BCUT2D eigenvalue weighted by Gasteiger charge is -2.49. The highest BCUT2D eigenvalue weighted by Crippen LogP contribution is 2.42. The van der Waals surface area contributed by atoms with Gasteiger partial charge in [-0.3, -0.25) is 0 Å². The zero-order chi connectivity index (χ0) is 16.4. The number of ether oxygens (including phenoxy) is 2. The molecule has 1 saturated heterocycles. The molecule has 2 aliphatic rings. The van der Waals surface area contributed by atoms with Gasteiger partial charge in [-0.1, -0.05) is 6.42 Å². The number of benzene rings is 1. The molecule has 1 aromatic rings. The minimum absolute atomic E-state index is 0.147. The van der Waals surface area contributed by atoms with Crippen molar-refractivity contribution in [2.45, 2.75) is 50.0 Å². The fourth-order valence-corrected chi connectivity index (χ4v) is 3.80. The summed E-state index contributed by atoms with van der Waals surface area (Å²) < 4.78 is 37.6. The Morgan fingerprint density at radius 1 is 1.30 bits per heavy atom. The van der Waals surface area contributed by atoms with Crippen LogP contribution in [0, 0.1) is 17.6 Å². The minimum Gasteiger partial charge on any atom is -0.387 e. The Balaban J connectivity index is 1.70. The van der Waals surface area contributed by atoms with Gasteiger partial charge in [0.05, 0.1) is 18.3 Å². The summed E-state index contributed by atoms with van der Waals surface area (Å²) in [6.07, 6.45) is 3.26. The maximum Gasteiger partial charge on any atom is 0.160 e. The van der Waals surface area contributed by atoms with Crippen molar-refractivity contribution in [3.8, 4) is 0 Å². The van der Waals surface area contributed by atoms with Crippen molar-refractivity contribution < 1.29 is 23.4 Å². The molecule has 0 radical (unpaired) electrons. The summed E-state index contributed by atoms with van der Waals surface area (Å²) in [7, 11) is 1.65. The highest BCUT2D eigenvalue weighted by atomic mass is 19.2. The van der Waals surface area contributed by atoms with Gasteiger partial charge in [-0.05, 0) is 37.8 Å². The lowest BCUT2D eigenvalue weighted by atomic mass is 9.72. The van der Waals surface area contributed by atoms with E-state index in [0.29, 0.717) is 25.1 Å². The molecule has 0 aromatic heterocycles. The average Bonchev–Trinajstić information content (AvgIpc) is 2.52. The Morgan fingerprint density at radius 2 is 2.13 bits per heavy atom. The van der Waals surface area contributed by atoms with Gasteiger partial charge in [-0.25, -0.2) is 8.78 Å². The number of methoxy groups -OCH3 is 1. The molecule has 1 aromatic carbocycles. The third kappa shape index (κ3) is 3.49. The standard InChI is InChI=1S/C17H23F2NO3/c1-22-10-11-3-2-7-17(21)8-6-15(23-16(11)17)20-12-4-5-13(18)14(19)9-12/h4-5,9,11,15-16,20-21H,2-3,6-8,10H2,1H3. The van der Waals surface area contributed by atoms with Gasteiger partial charge in [-0.15, -0.1) is 0 Å². The molecule has 23 heavy (non-hydrogen) atoms. The van der Waals surface area contributed by atoms with Gasteiger partial charge in [0.25, 0.3) is 0 Å². The fourth-order valence-electron chi connectivity index (χ4n) is 3.80. The molecule has 0 bridgehead atoms. The molecule has 2 fully saturated rings. The highest BCUT2D eigenvalue weighted by Gasteiger charge is 2.49. The second-order valence-corrected chi connectivity index (χ2v) is 6.57. The molecule has 4 unspecified atom stereocenters. The van der Waals surface area contributed by atoms with E-state index in [1.807, 2.05) is 0 Å². The zero-order valence-electron chi connectivity index (χ0n) is 13.2. The first-order valence-corrected chi connectivity index (χ1v) is 8.10. The van der Waals surface area contributed by atoms with Crippen LogP contribution in [-0.4, -0.2) is 36.8 Å². The fraction of sp³-hybridized carbons (Fsp3) is 0.647. The van der Waals surface area contributed by atoms with Crippen LogP contribution in [0.15, 0.2) is 18.2 Å². The molecule has 1 heterocycles. The third-order valence-electron chi connectivity index (χ3n) is 4.92. The van der Waals surface area contributed by atoms with Crippen molar-refractivity contribution in [2.24, 2.45) is 5.92 Å². The van der Waals surface area contributed by atoms with E-state index in [2.05, 4.69) is 5.32 Å². The number of aliphatic hydroxyl groups is 1. The predicted molar refractivity (Wildman–Crippen MR) is 82.0 cm³/mol. The van der Waals surface area contributed by atoms with Crippen molar-refractivity contribution >= 4 is 5.69 Å². The van der Waals surface area contributed by atoms with Crippen LogP contribution in [0.3, 0.4) is 0 Å². The van der Waals surface area contributed by atoms with Crippen LogP contribution in [0.5, 0.6) is 0 Å². The van der Waals surface area contributed by atoms with E-state index >= 15 is 0 Å². The second-order valence-electron chi connectivity index (χ2n) is 6.57. The van der Waals surface area contributed by atoms with Gasteiger partial charge in [0, 0.05) is 24.8 Å². The first-order valence-electron chi connectivity index (χ1n) is 8.10. The average molecular weight is 327 g/mol. The largest absolute Gasteiger partial charge is 0.387 e. The Kier molecular flexibility index (Phi) is 4.85. The summed E-state index contributed by atoms with van der Waals surface area (Å²) in [6.45, 7) is 0.547. The number of nitrogens with one attached hydrogen (secondary N) is 1. The minimum atomic E-state index is -0.891. The van der Waals surface area contributed by atoms with E-state index in [0.717, 1.165) is 31.4 Å². The summed E-state index contributed by atoms with van der Waals surface area (Å²) in [5.74, 6) is -1.62. The molecule has 1 saturated carbocycles. The van der Waals surface area contributed by atoms with E-state index in [4.69, 9.17) is 9.47 Å². The van der Waals surface area contributed by atoms with Gasteiger partial charge in [0.15, 0.2) is 11.6 Å². The third-order valence-corrected chi connectivity index (χ3v) is 4.92. The quantitative estimate of drug-likeness (QED) is 0.892. The first-order chi connectivity index (χ1) is 11.0. The highest BCUT2D eigenvalue weighted by molar-refractivity contribution is 5.44. The predicted octanol–water partition coefficient (Wildman–Crippen LogP) is 3.06. The molecule has 128 valence electrons. The van der Waals surface area contributed by atoms with Gasteiger partial charge in [0.2, 0.25) is 0 Å². The summed E-state index contributed by atoms with van der Waals surface area (Å²) in [5.41, 5.74) is -0.341. The lowest BCUT2D eigenvalue weighted by Crippen LogP contribution is -2.57. The molecule has 1 aliphatic heterocycles. The number of hydrogen-bond acceptors (Lipinski definition) is 4. The lowest BCUT2D eigenvalue weighted by molar-refractivity contribution is -0.211. The number of halogens is 2. The molecule has 3 rings (SSSR count). The molecule has 2 N–H and O–H groups in total.